The van der Waals surface area contributed by atoms with Crippen molar-refractivity contribution in [1.29, 1.82) is 0 Å². The van der Waals surface area contributed by atoms with E-state index < -0.39 is 0 Å². The van der Waals surface area contributed by atoms with Crippen molar-refractivity contribution in [2.75, 3.05) is 5.32 Å². The molecule has 0 bridgehead atoms. The van der Waals surface area contributed by atoms with Crippen molar-refractivity contribution >= 4 is 11.6 Å². The quantitative estimate of drug-likeness (QED) is 0.775. The third-order valence-corrected chi connectivity index (χ3v) is 3.16. The van der Waals surface area contributed by atoms with E-state index in [0.717, 1.165) is 5.56 Å². The van der Waals surface area contributed by atoms with Gasteiger partial charge in [0, 0.05) is 22.9 Å². The minimum atomic E-state index is -0.175. The van der Waals surface area contributed by atoms with Crippen LogP contribution in [0.5, 0.6) is 0 Å². The topological polar surface area (TPSA) is 75.4 Å². The fraction of sp³-hybridized carbons (Fsp3) is 0.0588. The van der Waals surface area contributed by atoms with Crippen molar-refractivity contribution in [3.63, 3.8) is 0 Å². The van der Waals surface area contributed by atoms with Crippen LogP contribution in [0.4, 0.5) is 5.69 Å². The highest BCUT2D eigenvalue weighted by molar-refractivity contribution is 6.04. The van der Waals surface area contributed by atoms with Gasteiger partial charge in [0.25, 0.3) is 5.91 Å². The molecule has 0 unspecified atom stereocenters. The molecule has 0 atom stereocenters. The summed E-state index contributed by atoms with van der Waals surface area (Å²) in [4.78, 5) is 12.1. The standard InChI is InChI=1S/C17H14N2O3/c20-11-15-10-16(22-19-15)13-7-4-8-14(9-13)18-17(21)12-5-2-1-3-6-12/h1-10,20H,11H2,(H,18,21). The minimum absolute atomic E-state index is 0.173. The molecule has 1 aromatic heterocycles. The highest BCUT2D eigenvalue weighted by atomic mass is 16.5. The lowest BCUT2D eigenvalue weighted by Gasteiger charge is -2.06. The van der Waals surface area contributed by atoms with Crippen LogP contribution in [0.25, 0.3) is 11.3 Å². The Balaban J connectivity index is 1.81. The van der Waals surface area contributed by atoms with E-state index in [4.69, 9.17) is 9.63 Å². The van der Waals surface area contributed by atoms with Gasteiger partial charge in [0.15, 0.2) is 5.76 Å². The van der Waals surface area contributed by atoms with Crippen LogP contribution >= 0.6 is 0 Å². The number of carbonyl (C=O) groups excluding carboxylic acids is 1. The molecule has 5 nitrogen and oxygen atoms in total. The number of aliphatic hydroxyl groups excluding tert-OH is 1. The number of benzene rings is 2. The first-order valence-electron chi connectivity index (χ1n) is 6.79. The van der Waals surface area contributed by atoms with E-state index in [2.05, 4.69) is 10.5 Å². The Bertz CT molecular complexity index is 781. The Morgan fingerprint density at radius 2 is 1.91 bits per heavy atom. The van der Waals surface area contributed by atoms with Gasteiger partial charge in [-0.05, 0) is 24.3 Å². The number of amides is 1. The molecule has 3 aromatic rings. The molecule has 0 aliphatic heterocycles. The van der Waals surface area contributed by atoms with E-state index in [0.29, 0.717) is 22.7 Å². The molecule has 1 heterocycles. The average molecular weight is 294 g/mol. The minimum Gasteiger partial charge on any atom is -0.390 e. The normalized spacial score (nSPS) is 10.4. The van der Waals surface area contributed by atoms with Crippen LogP contribution in [0.1, 0.15) is 16.1 Å². The fourth-order valence-corrected chi connectivity index (χ4v) is 2.07. The lowest BCUT2D eigenvalue weighted by atomic mass is 10.1. The monoisotopic (exact) mass is 294 g/mol. The van der Waals surface area contributed by atoms with Crippen molar-refractivity contribution in [3.05, 3.63) is 71.9 Å². The smallest absolute Gasteiger partial charge is 0.255 e. The number of carbonyl (C=O) groups is 1. The highest BCUT2D eigenvalue weighted by Gasteiger charge is 2.09. The van der Waals surface area contributed by atoms with Crippen LogP contribution in [0.15, 0.2) is 65.2 Å². The Kier molecular flexibility index (Phi) is 3.98. The number of aliphatic hydroxyl groups is 1. The number of anilines is 1. The summed E-state index contributed by atoms with van der Waals surface area (Å²) in [6.45, 7) is -0.173. The zero-order chi connectivity index (χ0) is 15.4. The summed E-state index contributed by atoms with van der Waals surface area (Å²) < 4.78 is 5.16. The molecular formula is C17H14N2O3. The van der Waals surface area contributed by atoms with Crippen LogP contribution in [0, 0.1) is 0 Å². The molecule has 0 saturated carbocycles. The van der Waals surface area contributed by atoms with E-state index >= 15 is 0 Å². The van der Waals surface area contributed by atoms with Gasteiger partial charge in [0.2, 0.25) is 0 Å². The Morgan fingerprint density at radius 1 is 1.09 bits per heavy atom. The van der Waals surface area contributed by atoms with Crippen molar-refractivity contribution in [3.8, 4) is 11.3 Å². The van der Waals surface area contributed by atoms with Crippen LogP contribution < -0.4 is 5.32 Å². The van der Waals surface area contributed by atoms with E-state index in [1.54, 1.807) is 30.3 Å². The molecule has 0 aliphatic rings. The maximum absolute atomic E-state index is 12.1. The van der Waals surface area contributed by atoms with Crippen molar-refractivity contribution in [2.45, 2.75) is 6.61 Å². The zero-order valence-electron chi connectivity index (χ0n) is 11.7. The van der Waals surface area contributed by atoms with Gasteiger partial charge in [-0.25, -0.2) is 0 Å². The summed E-state index contributed by atoms with van der Waals surface area (Å²) in [6, 6.07) is 17.9. The van der Waals surface area contributed by atoms with Crippen LogP contribution in [0.2, 0.25) is 0 Å². The average Bonchev–Trinajstić information content (AvgIpc) is 3.05. The summed E-state index contributed by atoms with van der Waals surface area (Å²) in [5, 5.41) is 15.6. The first-order valence-corrected chi connectivity index (χ1v) is 6.79. The summed E-state index contributed by atoms with van der Waals surface area (Å²) in [5.41, 5.74) is 2.50. The van der Waals surface area contributed by atoms with Crippen LogP contribution in [0.3, 0.4) is 0 Å². The number of hydrogen-bond donors (Lipinski definition) is 2. The summed E-state index contributed by atoms with van der Waals surface area (Å²) >= 11 is 0. The molecule has 0 radical (unpaired) electrons. The first-order chi connectivity index (χ1) is 10.8. The molecule has 1 amide bonds. The molecule has 0 aliphatic carbocycles. The highest BCUT2D eigenvalue weighted by Crippen LogP contribution is 2.23. The maximum Gasteiger partial charge on any atom is 0.255 e. The second kappa shape index (κ2) is 6.24. The second-order valence-electron chi connectivity index (χ2n) is 4.74. The van der Waals surface area contributed by atoms with Gasteiger partial charge in [0.1, 0.15) is 5.69 Å². The number of nitrogens with one attached hydrogen (secondary N) is 1. The lowest BCUT2D eigenvalue weighted by molar-refractivity contribution is 0.102. The van der Waals surface area contributed by atoms with Crippen molar-refractivity contribution < 1.29 is 14.4 Å². The van der Waals surface area contributed by atoms with Gasteiger partial charge >= 0.3 is 0 Å². The van der Waals surface area contributed by atoms with Crippen molar-refractivity contribution in [1.82, 2.24) is 5.16 Å². The summed E-state index contributed by atoms with van der Waals surface area (Å²) in [7, 11) is 0. The Hall–Kier alpha value is -2.92. The van der Waals surface area contributed by atoms with Crippen LogP contribution in [-0.4, -0.2) is 16.2 Å². The van der Waals surface area contributed by atoms with E-state index in [1.807, 2.05) is 30.3 Å². The van der Waals surface area contributed by atoms with E-state index in [1.165, 1.54) is 0 Å². The third kappa shape index (κ3) is 3.05. The molecule has 5 heteroatoms. The molecule has 0 saturated heterocycles. The van der Waals surface area contributed by atoms with Gasteiger partial charge in [-0.15, -0.1) is 0 Å². The molecule has 2 N–H and O–H groups in total. The van der Waals surface area contributed by atoms with Gasteiger partial charge in [0.05, 0.1) is 6.61 Å². The van der Waals surface area contributed by atoms with E-state index in [-0.39, 0.29) is 12.5 Å². The Labute approximate surface area is 127 Å². The zero-order valence-corrected chi connectivity index (χ0v) is 11.7. The number of rotatable bonds is 4. The third-order valence-electron chi connectivity index (χ3n) is 3.16. The fourth-order valence-electron chi connectivity index (χ4n) is 2.07. The summed E-state index contributed by atoms with van der Waals surface area (Å²) in [5.74, 6) is 0.367. The molecule has 0 spiro atoms. The van der Waals surface area contributed by atoms with Crippen molar-refractivity contribution in [2.24, 2.45) is 0 Å². The summed E-state index contributed by atoms with van der Waals surface area (Å²) in [6.07, 6.45) is 0. The number of aromatic nitrogens is 1. The van der Waals surface area contributed by atoms with Crippen LogP contribution in [-0.2, 0) is 6.61 Å². The van der Waals surface area contributed by atoms with Gasteiger partial charge in [-0.3, -0.25) is 4.79 Å². The number of hydrogen-bond acceptors (Lipinski definition) is 4. The van der Waals surface area contributed by atoms with Gasteiger partial charge in [-0.1, -0.05) is 35.5 Å². The van der Waals surface area contributed by atoms with Gasteiger partial charge < -0.3 is 14.9 Å². The predicted octanol–water partition coefficient (Wildman–Crippen LogP) is 3.09. The SMILES string of the molecule is O=C(Nc1cccc(-c2cc(CO)no2)c1)c1ccccc1. The van der Waals surface area contributed by atoms with E-state index in [9.17, 15) is 4.79 Å². The largest absolute Gasteiger partial charge is 0.390 e. The molecule has 0 fully saturated rings. The first kappa shape index (κ1) is 14.0. The molecule has 2 aromatic carbocycles. The number of nitrogens with zero attached hydrogens (tertiary/aromatic N) is 1. The molecule has 3 rings (SSSR count). The second-order valence-corrected chi connectivity index (χ2v) is 4.74. The molecule has 110 valence electrons. The molecule has 22 heavy (non-hydrogen) atoms. The maximum atomic E-state index is 12.1. The molecular weight excluding hydrogens is 280 g/mol. The Morgan fingerprint density at radius 3 is 2.64 bits per heavy atom. The lowest BCUT2D eigenvalue weighted by Crippen LogP contribution is -2.11. The van der Waals surface area contributed by atoms with Gasteiger partial charge in [-0.2, -0.15) is 0 Å². The predicted molar refractivity (Wildman–Crippen MR) is 82.3 cm³/mol.